The predicted molar refractivity (Wildman–Crippen MR) is 106 cm³/mol. The summed E-state index contributed by atoms with van der Waals surface area (Å²) in [5, 5.41) is -1.73. The van der Waals surface area contributed by atoms with Crippen molar-refractivity contribution < 1.29 is 22.3 Å². The quantitative estimate of drug-likeness (QED) is 0.631. The molecular formula is C20H18ClFN2O4S. The van der Waals surface area contributed by atoms with E-state index in [4.69, 9.17) is 11.6 Å². The van der Waals surface area contributed by atoms with Crippen LogP contribution in [0.1, 0.15) is 17.7 Å². The summed E-state index contributed by atoms with van der Waals surface area (Å²) >= 11 is 6.09. The SMILES string of the molecule is COC(=O)C(F)(C1CCc2c([nH]c3ccc(Cl)cc23)C1)S(=O)(=O)c1cccnc1. The molecule has 0 amide bonds. The molecule has 0 spiro atoms. The first-order valence-corrected chi connectivity index (χ1v) is 10.9. The van der Waals surface area contributed by atoms with Crippen molar-refractivity contribution in [1.29, 1.82) is 0 Å². The second-order valence-corrected chi connectivity index (χ2v) is 9.55. The van der Waals surface area contributed by atoms with Gasteiger partial charge in [0.15, 0.2) is 0 Å². The summed E-state index contributed by atoms with van der Waals surface area (Å²) in [4.78, 5) is 19.1. The van der Waals surface area contributed by atoms with Crippen molar-refractivity contribution in [3.8, 4) is 0 Å². The Kier molecular flexibility index (Phi) is 4.86. The smallest absolute Gasteiger partial charge is 0.360 e. The average molecular weight is 437 g/mol. The molecule has 4 rings (SSSR count). The first kappa shape index (κ1) is 19.8. The van der Waals surface area contributed by atoms with Gasteiger partial charge in [-0.25, -0.2) is 17.6 Å². The van der Waals surface area contributed by atoms with Crippen molar-refractivity contribution >= 4 is 38.3 Å². The van der Waals surface area contributed by atoms with E-state index < -0.39 is 26.7 Å². The van der Waals surface area contributed by atoms with Gasteiger partial charge < -0.3 is 9.72 Å². The van der Waals surface area contributed by atoms with E-state index in [1.54, 1.807) is 6.07 Å². The number of hydrogen-bond acceptors (Lipinski definition) is 5. The number of nitrogens with one attached hydrogen (secondary N) is 1. The molecule has 0 saturated heterocycles. The van der Waals surface area contributed by atoms with E-state index in [9.17, 15) is 13.2 Å². The molecule has 0 fully saturated rings. The van der Waals surface area contributed by atoms with Gasteiger partial charge >= 0.3 is 11.0 Å². The molecule has 152 valence electrons. The van der Waals surface area contributed by atoms with Crippen LogP contribution in [0.3, 0.4) is 0 Å². The number of carbonyl (C=O) groups excluding carboxylic acids is 1. The number of H-pyrrole nitrogens is 1. The maximum absolute atomic E-state index is 16.2. The second kappa shape index (κ2) is 7.11. The molecule has 3 aromatic rings. The Morgan fingerprint density at radius 3 is 2.86 bits per heavy atom. The first-order chi connectivity index (χ1) is 13.8. The van der Waals surface area contributed by atoms with Gasteiger partial charge in [-0.15, -0.1) is 0 Å². The fourth-order valence-corrected chi connectivity index (χ4v) is 5.95. The number of carbonyl (C=O) groups is 1. The number of rotatable bonds is 4. The van der Waals surface area contributed by atoms with Gasteiger partial charge in [0.1, 0.15) is 0 Å². The van der Waals surface area contributed by atoms with E-state index in [2.05, 4.69) is 14.7 Å². The highest BCUT2D eigenvalue weighted by molar-refractivity contribution is 7.93. The number of aryl methyl sites for hydroxylation is 1. The molecule has 2 aromatic heterocycles. The lowest BCUT2D eigenvalue weighted by atomic mass is 9.83. The molecule has 1 aromatic carbocycles. The number of ether oxygens (including phenoxy) is 1. The number of aromatic amines is 1. The third-order valence-corrected chi connectivity index (χ3v) is 7.85. The van der Waals surface area contributed by atoms with Gasteiger partial charge in [-0.1, -0.05) is 11.6 Å². The molecule has 2 heterocycles. The van der Waals surface area contributed by atoms with Crippen molar-refractivity contribution in [3.05, 3.63) is 59.0 Å². The minimum Gasteiger partial charge on any atom is -0.466 e. The Balaban J connectivity index is 1.80. The molecule has 9 heteroatoms. The van der Waals surface area contributed by atoms with Crippen molar-refractivity contribution in [3.63, 3.8) is 0 Å². The van der Waals surface area contributed by atoms with Gasteiger partial charge in [0, 0.05) is 39.9 Å². The molecule has 1 aliphatic rings. The minimum absolute atomic E-state index is 0.0483. The summed E-state index contributed by atoms with van der Waals surface area (Å²) in [6.45, 7) is 0. The Labute approximate surface area is 172 Å². The lowest BCUT2D eigenvalue weighted by Crippen LogP contribution is -2.51. The number of sulfone groups is 1. The van der Waals surface area contributed by atoms with Gasteiger partial charge in [0.25, 0.3) is 0 Å². The minimum atomic E-state index is -4.69. The number of hydrogen-bond donors (Lipinski definition) is 1. The molecule has 1 N–H and O–H groups in total. The van der Waals surface area contributed by atoms with Crippen molar-refractivity contribution in [1.82, 2.24) is 9.97 Å². The van der Waals surface area contributed by atoms with Crippen LogP contribution in [-0.2, 0) is 32.2 Å². The fraction of sp³-hybridized carbons (Fsp3) is 0.300. The molecule has 6 nitrogen and oxygen atoms in total. The average Bonchev–Trinajstić information content (AvgIpc) is 3.10. The molecule has 29 heavy (non-hydrogen) atoms. The highest BCUT2D eigenvalue weighted by Crippen LogP contribution is 2.43. The van der Waals surface area contributed by atoms with Crippen LogP contribution in [0.25, 0.3) is 10.9 Å². The molecule has 2 unspecified atom stereocenters. The molecule has 0 bridgehead atoms. The number of pyridine rings is 1. The van der Waals surface area contributed by atoms with Crippen LogP contribution in [0.4, 0.5) is 4.39 Å². The molecule has 0 saturated carbocycles. The van der Waals surface area contributed by atoms with Crippen molar-refractivity contribution in [2.24, 2.45) is 5.92 Å². The van der Waals surface area contributed by atoms with Crippen LogP contribution in [0.2, 0.25) is 5.02 Å². The predicted octanol–water partition coefficient (Wildman–Crippen LogP) is 3.63. The van der Waals surface area contributed by atoms with Crippen LogP contribution in [-0.4, -0.2) is 36.5 Å². The van der Waals surface area contributed by atoms with E-state index in [0.717, 1.165) is 29.8 Å². The lowest BCUT2D eigenvalue weighted by molar-refractivity contribution is -0.152. The van der Waals surface area contributed by atoms with E-state index in [1.807, 2.05) is 12.1 Å². The number of nitrogens with zero attached hydrogens (tertiary/aromatic N) is 1. The Morgan fingerprint density at radius 1 is 1.38 bits per heavy atom. The Morgan fingerprint density at radius 2 is 2.17 bits per heavy atom. The normalized spacial score (nSPS) is 18.8. The number of esters is 1. The highest BCUT2D eigenvalue weighted by atomic mass is 35.5. The van der Waals surface area contributed by atoms with Gasteiger partial charge in [-0.3, -0.25) is 4.98 Å². The van der Waals surface area contributed by atoms with Gasteiger partial charge in [0.05, 0.1) is 12.0 Å². The third kappa shape index (κ3) is 3.02. The summed E-state index contributed by atoms with van der Waals surface area (Å²) in [6, 6.07) is 7.98. The Hall–Kier alpha value is -2.45. The zero-order valence-electron chi connectivity index (χ0n) is 15.5. The van der Waals surface area contributed by atoms with Crippen molar-refractivity contribution in [2.45, 2.75) is 29.2 Å². The Bertz CT molecular complexity index is 1200. The molecule has 0 radical (unpaired) electrons. The van der Waals surface area contributed by atoms with Crippen LogP contribution < -0.4 is 0 Å². The number of aromatic nitrogens is 2. The first-order valence-electron chi connectivity index (χ1n) is 9.00. The number of alkyl halides is 1. The topological polar surface area (TPSA) is 89.1 Å². The molecule has 1 aliphatic carbocycles. The van der Waals surface area contributed by atoms with E-state index >= 15 is 4.39 Å². The van der Waals surface area contributed by atoms with E-state index in [-0.39, 0.29) is 17.7 Å². The third-order valence-electron chi connectivity index (χ3n) is 5.47. The van der Waals surface area contributed by atoms with Crippen molar-refractivity contribution in [2.75, 3.05) is 7.11 Å². The number of fused-ring (bicyclic) bond motifs is 3. The maximum Gasteiger partial charge on any atom is 0.360 e. The fourth-order valence-electron chi connectivity index (χ4n) is 4.03. The summed E-state index contributed by atoms with van der Waals surface area (Å²) in [7, 11) is -3.71. The zero-order valence-corrected chi connectivity index (χ0v) is 17.1. The zero-order chi connectivity index (χ0) is 20.8. The molecular weight excluding hydrogens is 419 g/mol. The monoisotopic (exact) mass is 436 g/mol. The molecule has 0 aliphatic heterocycles. The summed E-state index contributed by atoms with van der Waals surface area (Å²) in [5.74, 6) is -2.54. The number of methoxy groups -OCH3 is 1. The number of benzene rings is 1. The standard InChI is InChI=1S/C20H18ClFN2O4S/c1-28-19(25)20(22,29(26,27)14-3-2-8-23-11-14)12-4-6-15-16-10-13(21)5-7-17(16)24-18(15)9-12/h2-3,5,7-8,10-12,24H,4,6,9H2,1H3. The van der Waals surface area contributed by atoms with Crippen LogP contribution in [0.5, 0.6) is 0 Å². The second-order valence-electron chi connectivity index (χ2n) is 7.04. The van der Waals surface area contributed by atoms with Crippen LogP contribution in [0, 0.1) is 5.92 Å². The van der Waals surface area contributed by atoms with E-state index in [1.165, 1.54) is 18.3 Å². The molecule has 2 atom stereocenters. The van der Waals surface area contributed by atoms with E-state index in [0.29, 0.717) is 17.1 Å². The van der Waals surface area contributed by atoms with Gasteiger partial charge in [-0.05, 0) is 55.2 Å². The highest BCUT2D eigenvalue weighted by Gasteiger charge is 2.59. The number of halogens is 2. The summed E-state index contributed by atoms with van der Waals surface area (Å²) in [5.41, 5.74) is 2.49. The van der Waals surface area contributed by atoms with Gasteiger partial charge in [0.2, 0.25) is 9.84 Å². The largest absolute Gasteiger partial charge is 0.466 e. The van der Waals surface area contributed by atoms with Crippen LogP contribution >= 0.6 is 11.6 Å². The summed E-state index contributed by atoms with van der Waals surface area (Å²) < 4.78 is 47.1. The lowest BCUT2D eigenvalue weighted by Gasteiger charge is -2.33. The summed E-state index contributed by atoms with van der Waals surface area (Å²) in [6.07, 6.45) is 3.03. The van der Waals surface area contributed by atoms with Crippen LogP contribution in [0.15, 0.2) is 47.6 Å². The maximum atomic E-state index is 16.2. The van der Waals surface area contributed by atoms with Gasteiger partial charge in [-0.2, -0.15) is 0 Å².